The third-order valence-corrected chi connectivity index (χ3v) is 2.35. The van der Waals surface area contributed by atoms with Gasteiger partial charge in [0.1, 0.15) is 11.8 Å². The van der Waals surface area contributed by atoms with E-state index in [1.54, 1.807) is 12.5 Å². The summed E-state index contributed by atoms with van der Waals surface area (Å²) < 4.78 is 2.01. The van der Waals surface area contributed by atoms with Crippen molar-refractivity contribution in [1.82, 2.24) is 14.5 Å². The smallest absolute Gasteiger partial charge is 0.160 e. The normalized spacial score (nSPS) is 11.1. The van der Waals surface area contributed by atoms with Gasteiger partial charge in [-0.15, -0.1) is 0 Å². The number of pyridine rings is 1. The molecule has 0 radical (unpaired) electrons. The van der Waals surface area contributed by atoms with E-state index in [1.807, 2.05) is 10.6 Å². The first kappa shape index (κ1) is 9.83. The fourth-order valence-corrected chi connectivity index (χ4v) is 1.55. The summed E-state index contributed by atoms with van der Waals surface area (Å²) in [4.78, 5) is 19.0. The number of imidazole rings is 1. The maximum Gasteiger partial charge on any atom is 0.160 e. The molecule has 2 aromatic heterocycles. The molecule has 15 heavy (non-hydrogen) atoms. The van der Waals surface area contributed by atoms with E-state index in [4.69, 9.17) is 0 Å². The molecule has 0 saturated heterocycles. The molecule has 2 heterocycles. The molecule has 4 heteroatoms. The van der Waals surface area contributed by atoms with Crippen LogP contribution in [0.5, 0.6) is 0 Å². The molecule has 0 amide bonds. The molecule has 78 valence electrons. The van der Waals surface area contributed by atoms with Crippen LogP contribution in [-0.4, -0.2) is 20.8 Å². The van der Waals surface area contributed by atoms with Gasteiger partial charge in [-0.25, -0.2) is 9.97 Å². The summed E-state index contributed by atoms with van der Waals surface area (Å²) in [6.07, 6.45) is 4.80. The fraction of sp³-hybridized carbons (Fsp3) is 0.364. The Kier molecular flexibility index (Phi) is 2.49. The summed E-state index contributed by atoms with van der Waals surface area (Å²) in [5, 5.41) is 0. The molecule has 0 aromatic carbocycles. The van der Waals surface area contributed by atoms with Crippen molar-refractivity contribution in [2.75, 3.05) is 0 Å². The number of hydrogen-bond donors (Lipinski definition) is 0. The standard InChI is InChI=1S/C11H13N3O/c1-8(2)14-7-13-10-5-9(3-4-15)6-12-11(10)14/h4-8H,3H2,1-2H3. The first-order valence-electron chi connectivity index (χ1n) is 4.97. The summed E-state index contributed by atoms with van der Waals surface area (Å²) in [6.45, 7) is 4.17. The minimum absolute atomic E-state index is 0.347. The van der Waals surface area contributed by atoms with Gasteiger partial charge in [-0.1, -0.05) is 0 Å². The zero-order valence-corrected chi connectivity index (χ0v) is 8.84. The van der Waals surface area contributed by atoms with Gasteiger partial charge in [0.15, 0.2) is 5.65 Å². The summed E-state index contributed by atoms with van der Waals surface area (Å²) >= 11 is 0. The number of hydrogen-bond acceptors (Lipinski definition) is 3. The van der Waals surface area contributed by atoms with E-state index in [1.165, 1.54) is 0 Å². The number of aromatic nitrogens is 3. The molecule has 0 bridgehead atoms. The van der Waals surface area contributed by atoms with Gasteiger partial charge in [-0.05, 0) is 25.5 Å². The lowest BCUT2D eigenvalue weighted by atomic mass is 10.2. The number of carbonyl (C=O) groups excluding carboxylic acids is 1. The largest absolute Gasteiger partial charge is 0.313 e. The van der Waals surface area contributed by atoms with Crippen molar-refractivity contribution in [3.8, 4) is 0 Å². The zero-order chi connectivity index (χ0) is 10.8. The minimum Gasteiger partial charge on any atom is -0.313 e. The lowest BCUT2D eigenvalue weighted by Gasteiger charge is -2.06. The van der Waals surface area contributed by atoms with Crippen LogP contribution in [-0.2, 0) is 11.2 Å². The van der Waals surface area contributed by atoms with E-state index >= 15 is 0 Å². The Morgan fingerprint density at radius 1 is 1.47 bits per heavy atom. The van der Waals surface area contributed by atoms with Crippen LogP contribution >= 0.6 is 0 Å². The maximum absolute atomic E-state index is 10.4. The van der Waals surface area contributed by atoms with Crippen molar-refractivity contribution in [3.05, 3.63) is 24.2 Å². The van der Waals surface area contributed by atoms with Crippen molar-refractivity contribution in [1.29, 1.82) is 0 Å². The summed E-state index contributed by atoms with van der Waals surface area (Å²) in [7, 11) is 0. The maximum atomic E-state index is 10.4. The predicted molar refractivity (Wildman–Crippen MR) is 57.7 cm³/mol. The fourth-order valence-electron chi connectivity index (χ4n) is 1.55. The van der Waals surface area contributed by atoms with Crippen molar-refractivity contribution >= 4 is 17.5 Å². The lowest BCUT2D eigenvalue weighted by molar-refractivity contribution is -0.107. The van der Waals surface area contributed by atoms with Gasteiger partial charge in [0.05, 0.1) is 6.33 Å². The summed E-state index contributed by atoms with van der Waals surface area (Å²) in [6, 6.07) is 2.26. The highest BCUT2D eigenvalue weighted by Gasteiger charge is 2.06. The Morgan fingerprint density at radius 3 is 2.93 bits per heavy atom. The van der Waals surface area contributed by atoms with E-state index in [9.17, 15) is 4.79 Å². The van der Waals surface area contributed by atoms with Crippen molar-refractivity contribution in [3.63, 3.8) is 0 Å². The molecule has 0 aliphatic rings. The highest BCUT2D eigenvalue weighted by atomic mass is 16.1. The molecule has 0 spiro atoms. The van der Waals surface area contributed by atoms with Crippen LogP contribution in [0.3, 0.4) is 0 Å². The Balaban J connectivity index is 2.51. The Morgan fingerprint density at radius 2 is 2.27 bits per heavy atom. The van der Waals surface area contributed by atoms with Crippen LogP contribution in [0.2, 0.25) is 0 Å². The van der Waals surface area contributed by atoms with Crippen LogP contribution in [0.1, 0.15) is 25.5 Å². The van der Waals surface area contributed by atoms with E-state index in [0.29, 0.717) is 12.5 Å². The SMILES string of the molecule is CC(C)n1cnc2cc(CC=O)cnc21. The number of carbonyl (C=O) groups is 1. The zero-order valence-electron chi connectivity index (χ0n) is 8.84. The Hall–Kier alpha value is -1.71. The number of aldehydes is 1. The second-order valence-corrected chi connectivity index (χ2v) is 3.80. The van der Waals surface area contributed by atoms with Gasteiger partial charge in [0, 0.05) is 18.7 Å². The number of fused-ring (bicyclic) bond motifs is 1. The molecule has 0 N–H and O–H groups in total. The molecule has 0 unspecified atom stereocenters. The molecule has 0 aliphatic carbocycles. The first-order chi connectivity index (χ1) is 7.22. The van der Waals surface area contributed by atoms with Crippen LogP contribution in [0.15, 0.2) is 18.6 Å². The summed E-state index contributed by atoms with van der Waals surface area (Å²) in [5.41, 5.74) is 2.63. The highest BCUT2D eigenvalue weighted by molar-refractivity contribution is 5.72. The molecule has 0 aliphatic heterocycles. The third-order valence-electron chi connectivity index (χ3n) is 2.35. The van der Waals surface area contributed by atoms with E-state index in [2.05, 4.69) is 23.8 Å². The third kappa shape index (κ3) is 1.75. The quantitative estimate of drug-likeness (QED) is 0.714. The minimum atomic E-state index is 0.347. The molecular formula is C11H13N3O. The van der Waals surface area contributed by atoms with Crippen molar-refractivity contribution < 1.29 is 4.79 Å². The predicted octanol–water partition coefficient (Wildman–Crippen LogP) is 1.75. The molecule has 4 nitrogen and oxygen atoms in total. The van der Waals surface area contributed by atoms with Gasteiger partial charge in [0.25, 0.3) is 0 Å². The van der Waals surface area contributed by atoms with Gasteiger partial charge in [0.2, 0.25) is 0 Å². The van der Waals surface area contributed by atoms with Gasteiger partial charge in [-0.3, -0.25) is 0 Å². The van der Waals surface area contributed by atoms with Crippen molar-refractivity contribution in [2.45, 2.75) is 26.3 Å². The monoisotopic (exact) mass is 203 g/mol. The molecular weight excluding hydrogens is 190 g/mol. The number of nitrogens with zero attached hydrogens (tertiary/aromatic N) is 3. The molecule has 0 fully saturated rings. The van der Waals surface area contributed by atoms with Crippen LogP contribution in [0, 0.1) is 0 Å². The van der Waals surface area contributed by atoms with Gasteiger partial charge >= 0.3 is 0 Å². The summed E-state index contributed by atoms with van der Waals surface area (Å²) in [5.74, 6) is 0. The van der Waals surface area contributed by atoms with E-state index in [0.717, 1.165) is 23.0 Å². The molecule has 2 rings (SSSR count). The van der Waals surface area contributed by atoms with Gasteiger partial charge in [-0.2, -0.15) is 0 Å². The molecule has 0 saturated carbocycles. The van der Waals surface area contributed by atoms with Crippen molar-refractivity contribution in [2.24, 2.45) is 0 Å². The topological polar surface area (TPSA) is 47.8 Å². The number of rotatable bonds is 3. The van der Waals surface area contributed by atoms with E-state index < -0.39 is 0 Å². The lowest BCUT2D eigenvalue weighted by Crippen LogP contribution is -1.99. The Bertz CT molecular complexity index is 488. The Labute approximate surface area is 88.0 Å². The average molecular weight is 203 g/mol. The molecule has 2 aromatic rings. The second-order valence-electron chi connectivity index (χ2n) is 3.80. The van der Waals surface area contributed by atoms with Crippen LogP contribution < -0.4 is 0 Å². The average Bonchev–Trinajstić information content (AvgIpc) is 2.61. The van der Waals surface area contributed by atoms with E-state index in [-0.39, 0.29) is 0 Å². The van der Waals surface area contributed by atoms with Gasteiger partial charge < -0.3 is 9.36 Å². The van der Waals surface area contributed by atoms with Crippen LogP contribution in [0.25, 0.3) is 11.2 Å². The molecule has 0 atom stereocenters. The van der Waals surface area contributed by atoms with Crippen LogP contribution in [0.4, 0.5) is 0 Å². The second kappa shape index (κ2) is 3.81. The highest BCUT2D eigenvalue weighted by Crippen LogP contribution is 2.16. The first-order valence-corrected chi connectivity index (χ1v) is 4.97.